The predicted molar refractivity (Wildman–Crippen MR) is 100 cm³/mol. The quantitative estimate of drug-likeness (QED) is 0.341. The maximum atomic E-state index is 9.45. The van der Waals surface area contributed by atoms with Crippen molar-refractivity contribution in [1.29, 1.82) is 0 Å². The van der Waals surface area contributed by atoms with Crippen LogP contribution in [0.1, 0.15) is 30.9 Å². The highest BCUT2D eigenvalue weighted by molar-refractivity contribution is 5.79. The Labute approximate surface area is 150 Å². The number of nitrogens with one attached hydrogen (secondary N) is 2. The standard InChI is InChI=1S/C19H31N3O3/c1-4-20-18(22-13-19(14-23)7-8-19)21-12-16-6-5-15(2)11-17(16)25-10-9-24-3/h5-6,11,23H,4,7-10,12-14H2,1-3H3,(H2,20,21,22). The first kappa shape index (κ1) is 19.5. The molecule has 0 aliphatic heterocycles. The van der Waals surface area contributed by atoms with Crippen molar-refractivity contribution in [3.8, 4) is 5.75 Å². The van der Waals surface area contributed by atoms with Crippen molar-refractivity contribution in [3.63, 3.8) is 0 Å². The highest BCUT2D eigenvalue weighted by Crippen LogP contribution is 2.44. The Kier molecular flexibility index (Phi) is 7.52. The molecular formula is C19H31N3O3. The first-order chi connectivity index (χ1) is 12.1. The Bertz CT molecular complexity index is 571. The normalized spacial score (nSPS) is 15.8. The fourth-order valence-electron chi connectivity index (χ4n) is 2.51. The van der Waals surface area contributed by atoms with Crippen molar-refractivity contribution in [2.24, 2.45) is 10.4 Å². The Hall–Kier alpha value is -1.79. The molecule has 3 N–H and O–H groups in total. The van der Waals surface area contributed by atoms with E-state index in [9.17, 15) is 5.11 Å². The van der Waals surface area contributed by atoms with Gasteiger partial charge in [-0.3, -0.25) is 0 Å². The Morgan fingerprint density at radius 2 is 2.08 bits per heavy atom. The van der Waals surface area contributed by atoms with Crippen molar-refractivity contribution < 1.29 is 14.6 Å². The van der Waals surface area contributed by atoms with Crippen LogP contribution in [-0.4, -0.2) is 51.1 Å². The van der Waals surface area contributed by atoms with Crippen LogP contribution in [0.15, 0.2) is 23.2 Å². The minimum atomic E-state index is 0.0501. The number of nitrogens with zero attached hydrogens (tertiary/aromatic N) is 1. The summed E-state index contributed by atoms with van der Waals surface area (Å²) >= 11 is 0. The number of benzene rings is 1. The van der Waals surface area contributed by atoms with E-state index in [1.807, 2.05) is 19.9 Å². The number of aryl methyl sites for hydroxylation is 1. The molecule has 1 fully saturated rings. The Morgan fingerprint density at radius 3 is 2.72 bits per heavy atom. The van der Waals surface area contributed by atoms with Crippen molar-refractivity contribution in [2.45, 2.75) is 33.2 Å². The Morgan fingerprint density at radius 1 is 1.28 bits per heavy atom. The van der Waals surface area contributed by atoms with Crippen LogP contribution in [0, 0.1) is 12.3 Å². The summed E-state index contributed by atoms with van der Waals surface area (Å²) in [5.74, 6) is 1.62. The van der Waals surface area contributed by atoms with Gasteiger partial charge in [-0.2, -0.15) is 0 Å². The molecule has 1 aliphatic rings. The van der Waals surface area contributed by atoms with Crippen LogP contribution in [0.5, 0.6) is 5.75 Å². The summed E-state index contributed by atoms with van der Waals surface area (Å²) in [5, 5.41) is 16.0. The molecule has 1 aliphatic carbocycles. The zero-order valence-corrected chi connectivity index (χ0v) is 15.6. The zero-order valence-electron chi connectivity index (χ0n) is 15.6. The number of ether oxygens (including phenoxy) is 2. The second kappa shape index (κ2) is 9.63. The third-order valence-corrected chi connectivity index (χ3v) is 4.44. The molecule has 1 aromatic rings. The summed E-state index contributed by atoms with van der Waals surface area (Å²) in [5.41, 5.74) is 2.25. The minimum Gasteiger partial charge on any atom is -0.491 e. The Balaban J connectivity index is 2.00. The number of hydrogen-bond donors (Lipinski definition) is 3. The summed E-state index contributed by atoms with van der Waals surface area (Å²) in [6.45, 7) is 7.48. The first-order valence-corrected chi connectivity index (χ1v) is 8.97. The van der Waals surface area contributed by atoms with E-state index in [-0.39, 0.29) is 12.0 Å². The molecule has 0 radical (unpaired) electrons. The fraction of sp³-hybridized carbons (Fsp3) is 0.632. The van der Waals surface area contributed by atoms with E-state index in [1.54, 1.807) is 7.11 Å². The molecule has 0 aromatic heterocycles. The molecular weight excluding hydrogens is 318 g/mol. The molecule has 0 atom stereocenters. The van der Waals surface area contributed by atoms with E-state index in [2.05, 4.69) is 27.8 Å². The van der Waals surface area contributed by atoms with Gasteiger partial charge >= 0.3 is 0 Å². The lowest BCUT2D eigenvalue weighted by Gasteiger charge is -2.17. The molecule has 25 heavy (non-hydrogen) atoms. The van der Waals surface area contributed by atoms with Gasteiger partial charge in [-0.15, -0.1) is 0 Å². The minimum absolute atomic E-state index is 0.0501. The molecule has 2 rings (SSSR count). The average Bonchev–Trinajstić information content (AvgIpc) is 3.39. The monoisotopic (exact) mass is 349 g/mol. The molecule has 0 amide bonds. The van der Waals surface area contributed by atoms with Crippen LogP contribution in [0.4, 0.5) is 0 Å². The molecule has 6 heteroatoms. The smallest absolute Gasteiger partial charge is 0.191 e. The molecule has 1 aromatic carbocycles. The fourth-order valence-corrected chi connectivity index (χ4v) is 2.51. The van der Waals surface area contributed by atoms with Crippen molar-refractivity contribution >= 4 is 5.96 Å². The zero-order chi connectivity index (χ0) is 18.1. The number of aliphatic imine (C=N–C) groups is 1. The first-order valence-electron chi connectivity index (χ1n) is 8.97. The third kappa shape index (κ3) is 6.21. The van der Waals surface area contributed by atoms with Gasteiger partial charge in [0, 0.05) is 31.2 Å². The van der Waals surface area contributed by atoms with Crippen molar-refractivity contribution in [3.05, 3.63) is 29.3 Å². The summed E-state index contributed by atoms with van der Waals surface area (Å²) in [6.07, 6.45) is 2.15. The lowest BCUT2D eigenvalue weighted by molar-refractivity contribution is 0.145. The number of aliphatic hydroxyl groups excluding tert-OH is 1. The summed E-state index contributed by atoms with van der Waals surface area (Å²) in [4.78, 5) is 4.67. The predicted octanol–water partition coefficient (Wildman–Crippen LogP) is 1.85. The number of guanidine groups is 1. The molecule has 0 bridgehead atoms. The van der Waals surface area contributed by atoms with E-state index in [0.29, 0.717) is 19.8 Å². The average molecular weight is 349 g/mol. The second-order valence-corrected chi connectivity index (χ2v) is 6.66. The van der Waals surface area contributed by atoms with E-state index < -0.39 is 0 Å². The summed E-state index contributed by atoms with van der Waals surface area (Å²) in [6, 6.07) is 6.16. The van der Waals surface area contributed by atoms with E-state index >= 15 is 0 Å². The maximum absolute atomic E-state index is 9.45. The van der Waals surface area contributed by atoms with Gasteiger partial charge in [0.25, 0.3) is 0 Å². The molecule has 140 valence electrons. The van der Waals surface area contributed by atoms with Gasteiger partial charge in [0.1, 0.15) is 12.4 Å². The molecule has 6 nitrogen and oxygen atoms in total. The van der Waals surface area contributed by atoms with Gasteiger partial charge in [-0.25, -0.2) is 4.99 Å². The van der Waals surface area contributed by atoms with Gasteiger partial charge < -0.3 is 25.2 Å². The lowest BCUT2D eigenvalue weighted by atomic mass is 10.1. The highest BCUT2D eigenvalue weighted by Gasteiger charge is 2.41. The number of aliphatic hydroxyl groups is 1. The number of hydrogen-bond acceptors (Lipinski definition) is 4. The molecule has 0 unspecified atom stereocenters. The van der Waals surface area contributed by atoms with Gasteiger partial charge in [0.05, 0.1) is 19.8 Å². The van der Waals surface area contributed by atoms with E-state index in [0.717, 1.165) is 48.8 Å². The maximum Gasteiger partial charge on any atom is 0.191 e. The molecule has 0 spiro atoms. The van der Waals surface area contributed by atoms with Gasteiger partial charge in [-0.1, -0.05) is 12.1 Å². The van der Waals surface area contributed by atoms with Crippen LogP contribution >= 0.6 is 0 Å². The summed E-state index contributed by atoms with van der Waals surface area (Å²) in [7, 11) is 1.66. The van der Waals surface area contributed by atoms with Crippen LogP contribution < -0.4 is 15.4 Å². The van der Waals surface area contributed by atoms with Gasteiger partial charge in [0.15, 0.2) is 5.96 Å². The second-order valence-electron chi connectivity index (χ2n) is 6.66. The lowest BCUT2D eigenvalue weighted by Crippen LogP contribution is -2.41. The van der Waals surface area contributed by atoms with Crippen molar-refractivity contribution in [2.75, 3.05) is 40.0 Å². The van der Waals surface area contributed by atoms with Gasteiger partial charge in [0.2, 0.25) is 0 Å². The van der Waals surface area contributed by atoms with Gasteiger partial charge in [-0.05, 0) is 38.3 Å². The number of methoxy groups -OCH3 is 1. The summed E-state index contributed by atoms with van der Waals surface area (Å²) < 4.78 is 10.9. The van der Waals surface area contributed by atoms with Crippen LogP contribution in [0.3, 0.4) is 0 Å². The molecule has 1 saturated carbocycles. The van der Waals surface area contributed by atoms with E-state index in [1.165, 1.54) is 0 Å². The molecule has 0 heterocycles. The van der Waals surface area contributed by atoms with Crippen molar-refractivity contribution in [1.82, 2.24) is 10.6 Å². The van der Waals surface area contributed by atoms with E-state index in [4.69, 9.17) is 9.47 Å². The molecule has 0 saturated heterocycles. The topological polar surface area (TPSA) is 75.1 Å². The van der Waals surface area contributed by atoms with Crippen LogP contribution in [-0.2, 0) is 11.3 Å². The van der Waals surface area contributed by atoms with Crippen LogP contribution in [0.25, 0.3) is 0 Å². The number of rotatable bonds is 10. The highest BCUT2D eigenvalue weighted by atomic mass is 16.5. The third-order valence-electron chi connectivity index (χ3n) is 4.44. The van der Waals surface area contributed by atoms with Crippen LogP contribution in [0.2, 0.25) is 0 Å². The largest absolute Gasteiger partial charge is 0.491 e. The SMILES string of the molecule is CCNC(=NCc1ccc(C)cc1OCCOC)NCC1(CO)CC1.